The van der Waals surface area contributed by atoms with Crippen LogP contribution in [0.25, 0.3) is 0 Å². The Kier molecular flexibility index (Phi) is 7.93. The van der Waals surface area contributed by atoms with Gasteiger partial charge in [-0.3, -0.25) is 4.79 Å². The fourth-order valence-corrected chi connectivity index (χ4v) is 2.83. The van der Waals surface area contributed by atoms with Crippen LogP contribution in [-0.2, 0) is 21.5 Å². The summed E-state index contributed by atoms with van der Waals surface area (Å²) in [6, 6.07) is 7.05. The van der Waals surface area contributed by atoms with Gasteiger partial charge in [-0.1, -0.05) is 32.9 Å². The van der Waals surface area contributed by atoms with E-state index >= 15 is 0 Å². The largest absolute Gasteiger partial charge is 0.382 e. The molecule has 0 aliphatic heterocycles. The number of carbonyl (C=O) groups is 1. The fraction of sp³-hybridized carbons (Fsp3) is 0.632. The van der Waals surface area contributed by atoms with Gasteiger partial charge in [0, 0.05) is 19.0 Å². The predicted molar refractivity (Wildman–Crippen MR) is 101 cm³/mol. The molecular formula is C19H31NO4S. The van der Waals surface area contributed by atoms with Crippen molar-refractivity contribution in [2.24, 2.45) is 5.92 Å². The molecule has 0 unspecified atom stereocenters. The predicted octanol–water partition coefficient (Wildman–Crippen LogP) is 3.98. The Hall–Kier alpha value is -1.56. The molecule has 1 aromatic rings. The van der Waals surface area contributed by atoms with Crippen LogP contribution in [0.3, 0.4) is 0 Å². The molecule has 142 valence electrons. The highest BCUT2D eigenvalue weighted by atomic mass is 32.2. The Bertz CT molecular complexity index is 651. The van der Waals surface area contributed by atoms with Gasteiger partial charge in [-0.05, 0) is 50.8 Å². The number of hydrogen-bond donors (Lipinski definition) is 0. The first-order valence-electron chi connectivity index (χ1n) is 8.88. The lowest BCUT2D eigenvalue weighted by Crippen LogP contribution is -2.38. The number of rotatable bonds is 9. The van der Waals surface area contributed by atoms with Crippen LogP contribution >= 0.6 is 0 Å². The molecule has 0 heterocycles. The van der Waals surface area contributed by atoms with Crippen LogP contribution in [0.2, 0.25) is 0 Å². The van der Waals surface area contributed by atoms with Gasteiger partial charge in [0.25, 0.3) is 0 Å². The highest BCUT2D eigenvalue weighted by Crippen LogP contribution is 2.19. The number of amides is 1. The Morgan fingerprint density at radius 2 is 1.64 bits per heavy atom. The maximum Gasteiger partial charge on any atom is 0.311 e. The van der Waals surface area contributed by atoms with Gasteiger partial charge in [-0.2, -0.15) is 8.42 Å². The summed E-state index contributed by atoms with van der Waals surface area (Å²) < 4.78 is 28.7. The zero-order chi connectivity index (χ0) is 19.2. The van der Waals surface area contributed by atoms with Crippen LogP contribution in [0.4, 0.5) is 0 Å². The number of nitrogens with zero attached hydrogens (tertiary/aromatic N) is 1. The molecule has 0 N–H and O–H groups in total. The van der Waals surface area contributed by atoms with Crippen LogP contribution in [0.5, 0.6) is 5.75 Å². The van der Waals surface area contributed by atoms with Crippen molar-refractivity contribution in [3.05, 3.63) is 29.8 Å². The standard InChI is InChI=1S/C19H31NO4S/c1-7-16(6)20(19(21)12-14(2)3)13-17-8-10-18(11-9-17)24-25(22,23)15(4)5/h8-11,14-16H,7,12-13H2,1-6H3/t16-/m0/s1. The van der Waals surface area contributed by atoms with Gasteiger partial charge < -0.3 is 9.08 Å². The first-order chi connectivity index (χ1) is 11.6. The monoisotopic (exact) mass is 369 g/mol. The maximum absolute atomic E-state index is 12.5. The van der Waals surface area contributed by atoms with E-state index in [2.05, 4.69) is 6.92 Å². The van der Waals surface area contributed by atoms with Crippen molar-refractivity contribution in [1.29, 1.82) is 0 Å². The molecule has 0 bridgehead atoms. The Morgan fingerprint density at radius 3 is 2.08 bits per heavy atom. The molecule has 0 saturated heterocycles. The van der Waals surface area contributed by atoms with E-state index in [1.54, 1.807) is 26.0 Å². The average molecular weight is 370 g/mol. The lowest BCUT2D eigenvalue weighted by molar-refractivity contribution is -0.134. The van der Waals surface area contributed by atoms with Crippen LogP contribution in [-0.4, -0.2) is 30.5 Å². The van der Waals surface area contributed by atoms with Crippen molar-refractivity contribution in [2.75, 3.05) is 0 Å². The highest BCUT2D eigenvalue weighted by Gasteiger charge is 2.21. The lowest BCUT2D eigenvalue weighted by Gasteiger charge is -2.29. The minimum atomic E-state index is -3.60. The van der Waals surface area contributed by atoms with Gasteiger partial charge in [-0.25, -0.2) is 0 Å². The molecule has 1 atom stereocenters. The normalized spacial score (nSPS) is 13.1. The molecular weight excluding hydrogens is 338 g/mol. The van der Waals surface area contributed by atoms with Crippen molar-refractivity contribution >= 4 is 16.0 Å². The van der Waals surface area contributed by atoms with E-state index in [-0.39, 0.29) is 11.9 Å². The van der Waals surface area contributed by atoms with E-state index in [4.69, 9.17) is 4.18 Å². The minimum absolute atomic E-state index is 0.145. The third-order valence-corrected chi connectivity index (χ3v) is 5.67. The molecule has 25 heavy (non-hydrogen) atoms. The van der Waals surface area contributed by atoms with Crippen LogP contribution in [0.1, 0.15) is 59.9 Å². The fourth-order valence-electron chi connectivity index (χ4n) is 2.25. The molecule has 6 heteroatoms. The Labute approximate surface area is 152 Å². The summed E-state index contributed by atoms with van der Waals surface area (Å²) in [5, 5.41) is -0.596. The van der Waals surface area contributed by atoms with E-state index in [9.17, 15) is 13.2 Å². The van der Waals surface area contributed by atoms with Gasteiger partial charge in [-0.15, -0.1) is 0 Å². The third-order valence-electron chi connectivity index (χ3n) is 4.09. The Balaban J connectivity index is 2.87. The van der Waals surface area contributed by atoms with Crippen molar-refractivity contribution in [2.45, 2.75) is 72.2 Å². The summed E-state index contributed by atoms with van der Waals surface area (Å²) in [5.74, 6) is 0.754. The SMILES string of the molecule is CC[C@H](C)N(Cc1ccc(OS(=O)(=O)C(C)C)cc1)C(=O)CC(C)C. The summed E-state index contributed by atoms with van der Waals surface area (Å²) in [6.07, 6.45) is 1.41. The van der Waals surface area contributed by atoms with E-state index in [0.717, 1.165) is 12.0 Å². The van der Waals surface area contributed by atoms with Gasteiger partial charge in [0.15, 0.2) is 0 Å². The smallest absolute Gasteiger partial charge is 0.311 e. The first kappa shape index (κ1) is 21.5. The second-order valence-electron chi connectivity index (χ2n) is 7.15. The van der Waals surface area contributed by atoms with E-state index in [1.807, 2.05) is 37.8 Å². The van der Waals surface area contributed by atoms with Gasteiger partial charge in [0.05, 0.1) is 5.25 Å². The van der Waals surface area contributed by atoms with Gasteiger partial charge in [0.2, 0.25) is 5.91 Å². The summed E-state index contributed by atoms with van der Waals surface area (Å²) in [5.41, 5.74) is 0.951. The zero-order valence-corrected chi connectivity index (χ0v) is 17.0. The van der Waals surface area contributed by atoms with E-state index in [1.165, 1.54) is 0 Å². The van der Waals surface area contributed by atoms with Gasteiger partial charge in [0.1, 0.15) is 5.75 Å². The zero-order valence-electron chi connectivity index (χ0n) is 16.2. The van der Waals surface area contributed by atoms with Crippen molar-refractivity contribution in [3.63, 3.8) is 0 Å². The quantitative estimate of drug-likeness (QED) is 0.618. The number of benzene rings is 1. The van der Waals surface area contributed by atoms with Crippen molar-refractivity contribution in [3.8, 4) is 5.75 Å². The molecule has 0 aliphatic rings. The summed E-state index contributed by atoms with van der Waals surface area (Å²) >= 11 is 0. The maximum atomic E-state index is 12.5. The van der Waals surface area contributed by atoms with Crippen molar-refractivity contribution < 1.29 is 17.4 Å². The topological polar surface area (TPSA) is 63.7 Å². The molecule has 0 aliphatic carbocycles. The summed E-state index contributed by atoms with van der Waals surface area (Å²) in [6.45, 7) is 11.8. The number of hydrogen-bond acceptors (Lipinski definition) is 4. The molecule has 0 spiro atoms. The molecule has 1 amide bonds. The molecule has 1 rings (SSSR count). The highest BCUT2D eigenvalue weighted by molar-refractivity contribution is 7.87. The molecule has 0 aromatic heterocycles. The second kappa shape index (κ2) is 9.22. The van der Waals surface area contributed by atoms with Crippen LogP contribution in [0.15, 0.2) is 24.3 Å². The van der Waals surface area contributed by atoms with E-state index < -0.39 is 15.4 Å². The molecule has 1 aromatic carbocycles. The van der Waals surface area contributed by atoms with Gasteiger partial charge >= 0.3 is 10.1 Å². The Morgan fingerprint density at radius 1 is 1.08 bits per heavy atom. The van der Waals surface area contributed by atoms with Crippen LogP contribution in [0, 0.1) is 5.92 Å². The molecule has 0 radical (unpaired) electrons. The second-order valence-corrected chi connectivity index (χ2v) is 9.24. The third kappa shape index (κ3) is 6.69. The van der Waals surface area contributed by atoms with Crippen molar-refractivity contribution in [1.82, 2.24) is 4.90 Å². The molecule has 0 saturated carbocycles. The van der Waals surface area contributed by atoms with E-state index in [0.29, 0.717) is 24.6 Å². The first-order valence-corrected chi connectivity index (χ1v) is 10.4. The molecule has 0 fully saturated rings. The lowest BCUT2D eigenvalue weighted by atomic mass is 10.1. The minimum Gasteiger partial charge on any atom is -0.382 e. The van der Waals surface area contributed by atoms with Crippen LogP contribution < -0.4 is 4.18 Å². The average Bonchev–Trinajstić information content (AvgIpc) is 2.52. The summed E-state index contributed by atoms with van der Waals surface area (Å²) in [4.78, 5) is 14.4. The number of carbonyl (C=O) groups excluding carboxylic acids is 1. The molecule has 5 nitrogen and oxygen atoms in total. The summed E-state index contributed by atoms with van der Waals surface area (Å²) in [7, 11) is -3.60.